The van der Waals surface area contributed by atoms with E-state index in [0.29, 0.717) is 0 Å². The van der Waals surface area contributed by atoms with Crippen LogP contribution in [-0.2, 0) is 0 Å². The number of aromatic nitrogens is 1. The molecule has 0 saturated carbocycles. The molecule has 12 rings (SSSR count). The molecule has 0 radical (unpaired) electrons. The van der Waals surface area contributed by atoms with Gasteiger partial charge >= 0.3 is 0 Å². The summed E-state index contributed by atoms with van der Waals surface area (Å²) in [6.07, 6.45) is 0. The van der Waals surface area contributed by atoms with E-state index in [4.69, 9.17) is 4.42 Å². The second-order valence-corrected chi connectivity index (χ2v) is 15.7. The van der Waals surface area contributed by atoms with Gasteiger partial charge in [-0.2, -0.15) is 0 Å². The lowest BCUT2D eigenvalue weighted by Gasteiger charge is -2.27. The van der Waals surface area contributed by atoms with Crippen molar-refractivity contribution in [1.29, 1.82) is 0 Å². The smallest absolute Gasteiger partial charge is 0.137 e. The standard InChI is InChI=1S/C58H38N2O/c1-2-14-39(15-3-1)40-28-31-44(32-29-40)59(54-26-13-17-41-16-4-5-22-49(41)54)45-19-12-18-42(36-45)47-20-6-7-21-48(47)43-30-35-56-53(37-43)50-23-8-10-25-55(50)60(56)46-33-34-52-51-24-9-11-27-57(51)61-58(52)38-46/h1-38H. The van der Waals surface area contributed by atoms with E-state index >= 15 is 0 Å². The molecular weight excluding hydrogens is 741 g/mol. The molecule has 2 aromatic heterocycles. The fourth-order valence-corrected chi connectivity index (χ4v) is 9.34. The molecule has 3 nitrogen and oxygen atoms in total. The Balaban J connectivity index is 0.978. The lowest BCUT2D eigenvalue weighted by atomic mass is 9.93. The first kappa shape index (κ1) is 34.9. The van der Waals surface area contributed by atoms with Gasteiger partial charge in [-0.3, -0.25) is 0 Å². The summed E-state index contributed by atoms with van der Waals surface area (Å²) in [4.78, 5) is 2.40. The van der Waals surface area contributed by atoms with Gasteiger partial charge in [-0.1, -0.05) is 158 Å². The fraction of sp³-hybridized carbons (Fsp3) is 0. The highest BCUT2D eigenvalue weighted by atomic mass is 16.3. The molecular formula is C58H38N2O. The van der Waals surface area contributed by atoms with Gasteiger partial charge in [-0.25, -0.2) is 0 Å². The third-order valence-electron chi connectivity index (χ3n) is 12.2. The Morgan fingerprint density at radius 2 is 0.934 bits per heavy atom. The normalized spacial score (nSPS) is 11.6. The van der Waals surface area contributed by atoms with Crippen LogP contribution in [0.4, 0.5) is 17.1 Å². The molecule has 0 fully saturated rings. The Hall–Kier alpha value is -8.14. The number of benzene rings is 10. The largest absolute Gasteiger partial charge is 0.456 e. The Bertz CT molecular complexity index is 3590. The van der Waals surface area contributed by atoms with Crippen molar-refractivity contribution < 1.29 is 4.42 Å². The van der Waals surface area contributed by atoms with E-state index < -0.39 is 0 Å². The van der Waals surface area contributed by atoms with E-state index in [9.17, 15) is 0 Å². The summed E-state index contributed by atoms with van der Waals surface area (Å²) in [5.41, 5.74) is 15.6. The molecule has 61 heavy (non-hydrogen) atoms. The highest BCUT2D eigenvalue weighted by molar-refractivity contribution is 6.12. The summed E-state index contributed by atoms with van der Waals surface area (Å²) in [5.74, 6) is 0. The minimum absolute atomic E-state index is 0.889. The third kappa shape index (κ3) is 5.90. The van der Waals surface area contributed by atoms with E-state index in [1.54, 1.807) is 0 Å². The van der Waals surface area contributed by atoms with Crippen LogP contribution in [0.3, 0.4) is 0 Å². The monoisotopic (exact) mass is 778 g/mol. The van der Waals surface area contributed by atoms with Gasteiger partial charge in [-0.15, -0.1) is 0 Å². The van der Waals surface area contributed by atoms with Gasteiger partial charge in [0.1, 0.15) is 11.2 Å². The molecule has 2 heterocycles. The van der Waals surface area contributed by atoms with Crippen LogP contribution in [0.25, 0.3) is 93.6 Å². The minimum Gasteiger partial charge on any atom is -0.456 e. The maximum atomic E-state index is 6.34. The maximum absolute atomic E-state index is 6.34. The summed E-state index contributed by atoms with van der Waals surface area (Å²) in [6, 6.07) is 83.0. The fourth-order valence-electron chi connectivity index (χ4n) is 9.34. The topological polar surface area (TPSA) is 21.3 Å². The molecule has 0 aliphatic carbocycles. The number of hydrogen-bond donors (Lipinski definition) is 0. The molecule has 0 atom stereocenters. The van der Waals surface area contributed by atoms with Crippen molar-refractivity contribution in [3.8, 4) is 39.1 Å². The van der Waals surface area contributed by atoms with Gasteiger partial charge in [0.15, 0.2) is 0 Å². The molecule has 0 N–H and O–H groups in total. The average molecular weight is 779 g/mol. The van der Waals surface area contributed by atoms with Crippen LogP contribution in [0.1, 0.15) is 0 Å². The van der Waals surface area contributed by atoms with Gasteiger partial charge in [0.25, 0.3) is 0 Å². The highest BCUT2D eigenvalue weighted by Crippen LogP contribution is 2.43. The predicted molar refractivity (Wildman–Crippen MR) is 257 cm³/mol. The Kier molecular flexibility index (Phi) is 8.17. The molecule has 0 amide bonds. The lowest BCUT2D eigenvalue weighted by molar-refractivity contribution is 0.668. The number of furan rings is 1. The number of rotatable bonds is 7. The Morgan fingerprint density at radius 1 is 0.328 bits per heavy atom. The lowest BCUT2D eigenvalue weighted by Crippen LogP contribution is -2.10. The van der Waals surface area contributed by atoms with Crippen molar-refractivity contribution in [2.75, 3.05) is 4.90 Å². The zero-order valence-corrected chi connectivity index (χ0v) is 33.2. The first-order valence-corrected chi connectivity index (χ1v) is 20.8. The number of nitrogens with zero attached hydrogens (tertiary/aromatic N) is 2. The van der Waals surface area contributed by atoms with E-state index in [-0.39, 0.29) is 0 Å². The van der Waals surface area contributed by atoms with E-state index in [1.807, 2.05) is 12.1 Å². The van der Waals surface area contributed by atoms with Crippen molar-refractivity contribution in [2.45, 2.75) is 0 Å². The van der Waals surface area contributed by atoms with Crippen molar-refractivity contribution in [3.05, 3.63) is 231 Å². The van der Waals surface area contributed by atoms with E-state index in [0.717, 1.165) is 61.3 Å². The molecule has 12 aromatic rings. The number of fused-ring (bicyclic) bond motifs is 7. The zero-order valence-electron chi connectivity index (χ0n) is 33.2. The number of hydrogen-bond acceptors (Lipinski definition) is 2. The Labute approximate surface area is 353 Å². The van der Waals surface area contributed by atoms with Crippen molar-refractivity contribution in [3.63, 3.8) is 0 Å². The molecule has 0 aliphatic rings. The quantitative estimate of drug-likeness (QED) is 0.161. The predicted octanol–water partition coefficient (Wildman–Crippen LogP) is 16.3. The SMILES string of the molecule is c1ccc(-c2ccc(N(c3cccc(-c4ccccc4-c4ccc5c(c4)c4ccccc4n5-c4ccc5c(c4)oc4ccccc45)c3)c3cccc4ccccc34)cc2)cc1. The van der Waals surface area contributed by atoms with Crippen LogP contribution in [0.2, 0.25) is 0 Å². The maximum Gasteiger partial charge on any atom is 0.137 e. The summed E-state index contributed by atoms with van der Waals surface area (Å²) in [6.45, 7) is 0. The number of para-hydroxylation sites is 2. The highest BCUT2D eigenvalue weighted by Gasteiger charge is 2.19. The molecule has 0 saturated heterocycles. The van der Waals surface area contributed by atoms with Crippen LogP contribution < -0.4 is 4.90 Å². The van der Waals surface area contributed by atoms with Crippen LogP contribution in [0, 0.1) is 0 Å². The third-order valence-corrected chi connectivity index (χ3v) is 12.2. The molecule has 10 aromatic carbocycles. The summed E-state index contributed by atoms with van der Waals surface area (Å²) >= 11 is 0. The second-order valence-electron chi connectivity index (χ2n) is 15.7. The van der Waals surface area contributed by atoms with Gasteiger partial charge in [0, 0.05) is 50.1 Å². The molecule has 3 heteroatoms. The summed E-state index contributed by atoms with van der Waals surface area (Å²) in [5, 5.41) is 7.10. The molecule has 0 aliphatic heterocycles. The molecule has 0 unspecified atom stereocenters. The summed E-state index contributed by atoms with van der Waals surface area (Å²) in [7, 11) is 0. The van der Waals surface area contributed by atoms with Gasteiger partial charge < -0.3 is 13.9 Å². The van der Waals surface area contributed by atoms with Crippen molar-refractivity contribution in [1.82, 2.24) is 4.57 Å². The second kappa shape index (κ2) is 14.3. The van der Waals surface area contributed by atoms with Crippen molar-refractivity contribution >= 4 is 71.6 Å². The van der Waals surface area contributed by atoms with Crippen LogP contribution in [-0.4, -0.2) is 4.57 Å². The van der Waals surface area contributed by atoms with E-state index in [1.165, 1.54) is 49.4 Å². The van der Waals surface area contributed by atoms with Crippen LogP contribution >= 0.6 is 0 Å². The molecule has 286 valence electrons. The minimum atomic E-state index is 0.889. The summed E-state index contributed by atoms with van der Waals surface area (Å²) < 4.78 is 8.71. The molecule has 0 bridgehead atoms. The van der Waals surface area contributed by atoms with E-state index in [2.05, 4.69) is 228 Å². The van der Waals surface area contributed by atoms with Gasteiger partial charge in [-0.05, 0) is 105 Å². The van der Waals surface area contributed by atoms with Crippen LogP contribution in [0.15, 0.2) is 235 Å². The van der Waals surface area contributed by atoms with Crippen molar-refractivity contribution in [2.24, 2.45) is 0 Å². The molecule has 0 spiro atoms. The van der Waals surface area contributed by atoms with Crippen LogP contribution in [0.5, 0.6) is 0 Å². The average Bonchev–Trinajstić information content (AvgIpc) is 3.87. The van der Waals surface area contributed by atoms with Gasteiger partial charge in [0.2, 0.25) is 0 Å². The first-order valence-electron chi connectivity index (χ1n) is 20.8. The first-order chi connectivity index (χ1) is 30.2. The zero-order chi connectivity index (χ0) is 40.3. The Morgan fingerprint density at radius 3 is 1.79 bits per heavy atom. The van der Waals surface area contributed by atoms with Gasteiger partial charge in [0.05, 0.1) is 16.7 Å². The number of anilines is 3.